The molecule has 0 spiro atoms. The summed E-state index contributed by atoms with van der Waals surface area (Å²) in [6, 6.07) is 28.4. The number of nitrogens with zero attached hydrogens (tertiary/aromatic N) is 2. The highest BCUT2D eigenvalue weighted by molar-refractivity contribution is 5.98. The average Bonchev–Trinajstić information content (AvgIpc) is 3.25. The van der Waals surface area contributed by atoms with Crippen molar-refractivity contribution in [3.63, 3.8) is 0 Å². The van der Waals surface area contributed by atoms with Crippen molar-refractivity contribution in [3.05, 3.63) is 115 Å². The van der Waals surface area contributed by atoms with Crippen LogP contribution >= 0.6 is 0 Å². The van der Waals surface area contributed by atoms with E-state index in [0.717, 1.165) is 33.6 Å². The van der Waals surface area contributed by atoms with E-state index in [1.165, 1.54) is 0 Å². The maximum Gasteiger partial charge on any atom is 0.167 e. The molecule has 0 radical (unpaired) electrons. The number of fused-ring (bicyclic) bond motifs is 1. The minimum absolute atomic E-state index is 0.0909. The highest BCUT2D eigenvalue weighted by atomic mass is 16.3. The number of aromatic nitrogens is 2. The topological polar surface area (TPSA) is 54.6 Å². The predicted molar refractivity (Wildman–Crippen MR) is 122 cm³/mol. The average molecular weight is 404 g/mol. The molecule has 0 unspecified atom stereocenters. The number of benzene rings is 3. The van der Waals surface area contributed by atoms with Gasteiger partial charge < -0.3 is 9.51 Å². The fraction of sp³-hybridized carbons (Fsp3) is 0.0370. The summed E-state index contributed by atoms with van der Waals surface area (Å²) in [4.78, 5) is 17.7. The molecule has 3 aromatic carbocycles. The molecule has 0 saturated heterocycles. The van der Waals surface area contributed by atoms with Gasteiger partial charge in [0.05, 0.1) is 5.69 Å². The maximum atomic E-state index is 12.8. The number of rotatable bonds is 5. The normalized spacial score (nSPS) is 11.0. The number of imidazole rings is 1. The highest BCUT2D eigenvalue weighted by Gasteiger charge is 2.15. The molecule has 0 aliphatic rings. The van der Waals surface area contributed by atoms with Crippen LogP contribution in [-0.2, 0) is 6.42 Å². The number of phenolic OH excluding ortho intramolecular Hbond substituents is 1. The molecule has 0 aliphatic heterocycles. The van der Waals surface area contributed by atoms with Crippen LogP contribution in [-0.4, -0.2) is 20.3 Å². The number of aromatic hydroxyl groups is 1. The fourth-order valence-electron chi connectivity index (χ4n) is 3.83. The van der Waals surface area contributed by atoms with Crippen LogP contribution in [0.2, 0.25) is 0 Å². The molecule has 4 nitrogen and oxygen atoms in total. The van der Waals surface area contributed by atoms with Gasteiger partial charge >= 0.3 is 0 Å². The first-order chi connectivity index (χ1) is 15.2. The summed E-state index contributed by atoms with van der Waals surface area (Å²) in [6.07, 6.45) is 4.27. The minimum Gasteiger partial charge on any atom is -0.508 e. The number of hydrogen-bond donors (Lipinski definition) is 1. The van der Waals surface area contributed by atoms with Crippen molar-refractivity contribution >= 4 is 11.4 Å². The van der Waals surface area contributed by atoms with Crippen molar-refractivity contribution in [2.45, 2.75) is 6.42 Å². The lowest BCUT2D eigenvalue weighted by atomic mass is 9.95. The SMILES string of the molecule is O=C(Cc1ccccc1-c1cccn2cc(-c3ccc(O)cc3)nc12)c1ccccc1. The van der Waals surface area contributed by atoms with Gasteiger partial charge in [-0.25, -0.2) is 4.98 Å². The zero-order chi connectivity index (χ0) is 21.2. The Morgan fingerprint density at radius 1 is 0.806 bits per heavy atom. The van der Waals surface area contributed by atoms with Crippen LogP contribution in [0.5, 0.6) is 5.75 Å². The number of ketones is 1. The Hall–Kier alpha value is -4.18. The van der Waals surface area contributed by atoms with Gasteiger partial charge in [0.25, 0.3) is 0 Å². The van der Waals surface area contributed by atoms with Crippen molar-refractivity contribution in [1.82, 2.24) is 9.38 Å². The largest absolute Gasteiger partial charge is 0.508 e. The van der Waals surface area contributed by atoms with Gasteiger partial charge in [0, 0.05) is 35.5 Å². The molecule has 5 rings (SSSR count). The quantitative estimate of drug-likeness (QED) is 0.377. The van der Waals surface area contributed by atoms with E-state index in [4.69, 9.17) is 4.98 Å². The molecule has 31 heavy (non-hydrogen) atoms. The van der Waals surface area contributed by atoms with Gasteiger partial charge in [-0.05, 0) is 47.5 Å². The summed E-state index contributed by atoms with van der Waals surface area (Å²) in [7, 11) is 0. The molecule has 0 fully saturated rings. The van der Waals surface area contributed by atoms with Crippen molar-refractivity contribution in [2.75, 3.05) is 0 Å². The van der Waals surface area contributed by atoms with Gasteiger partial charge in [-0.1, -0.05) is 54.6 Å². The second-order valence-electron chi connectivity index (χ2n) is 7.45. The Kier molecular flexibility index (Phi) is 4.81. The maximum absolute atomic E-state index is 12.8. The molecule has 4 heteroatoms. The van der Waals surface area contributed by atoms with E-state index in [0.29, 0.717) is 12.0 Å². The molecule has 0 bridgehead atoms. The van der Waals surface area contributed by atoms with Crippen molar-refractivity contribution in [3.8, 4) is 28.1 Å². The number of Topliss-reactive ketones (excluding diaryl/α,β-unsaturated/α-hetero) is 1. The molecule has 0 aliphatic carbocycles. The predicted octanol–water partition coefficient (Wildman–Crippen LogP) is 5.80. The first kappa shape index (κ1) is 18.8. The Bertz CT molecular complexity index is 1370. The molecule has 2 heterocycles. The van der Waals surface area contributed by atoms with Gasteiger partial charge in [-0.2, -0.15) is 0 Å². The molecular weight excluding hydrogens is 384 g/mol. The molecular formula is C27H20N2O2. The fourth-order valence-corrected chi connectivity index (χ4v) is 3.83. The van der Waals surface area contributed by atoms with Crippen LogP contribution in [0.3, 0.4) is 0 Å². The van der Waals surface area contributed by atoms with Crippen LogP contribution in [0.4, 0.5) is 0 Å². The van der Waals surface area contributed by atoms with Crippen LogP contribution in [0, 0.1) is 0 Å². The van der Waals surface area contributed by atoms with Gasteiger partial charge in [-0.15, -0.1) is 0 Å². The first-order valence-electron chi connectivity index (χ1n) is 10.1. The Labute approximate surface area is 180 Å². The third-order valence-electron chi connectivity index (χ3n) is 5.40. The molecule has 1 N–H and O–H groups in total. The monoisotopic (exact) mass is 404 g/mol. The number of carbonyl (C=O) groups excluding carboxylic acids is 1. The van der Waals surface area contributed by atoms with Crippen molar-refractivity contribution < 1.29 is 9.90 Å². The summed E-state index contributed by atoms with van der Waals surface area (Å²) in [5.74, 6) is 0.318. The number of carbonyl (C=O) groups is 1. The molecule has 0 amide bonds. The minimum atomic E-state index is 0.0909. The van der Waals surface area contributed by atoms with E-state index in [9.17, 15) is 9.90 Å². The molecule has 2 aromatic heterocycles. The molecule has 0 saturated carbocycles. The second kappa shape index (κ2) is 7.92. The van der Waals surface area contributed by atoms with Gasteiger partial charge in [0.15, 0.2) is 5.78 Å². The first-order valence-corrected chi connectivity index (χ1v) is 10.1. The number of pyridine rings is 1. The lowest BCUT2D eigenvalue weighted by molar-refractivity contribution is 0.0993. The summed E-state index contributed by atoms with van der Waals surface area (Å²) in [6.45, 7) is 0. The third kappa shape index (κ3) is 3.71. The van der Waals surface area contributed by atoms with Gasteiger partial charge in [0.2, 0.25) is 0 Å². The summed E-state index contributed by atoms with van der Waals surface area (Å²) >= 11 is 0. The summed E-state index contributed by atoms with van der Waals surface area (Å²) in [5.41, 5.74) is 6.24. The van der Waals surface area contributed by atoms with E-state index in [1.807, 2.05) is 95.7 Å². The summed E-state index contributed by atoms with van der Waals surface area (Å²) in [5, 5.41) is 9.57. The summed E-state index contributed by atoms with van der Waals surface area (Å²) < 4.78 is 1.99. The Balaban J connectivity index is 1.57. The lowest BCUT2D eigenvalue weighted by Crippen LogP contribution is -2.04. The van der Waals surface area contributed by atoms with E-state index in [2.05, 4.69) is 0 Å². The standard InChI is InChI=1S/C27H20N2O2/c30-22-14-12-19(13-15-22)25-18-29-16-6-11-24(27(29)28-25)23-10-5-4-9-21(23)17-26(31)20-7-2-1-3-8-20/h1-16,18,30H,17H2. The van der Waals surface area contributed by atoms with E-state index >= 15 is 0 Å². The molecule has 150 valence electrons. The number of phenols is 1. The molecule has 0 atom stereocenters. The Morgan fingerprint density at radius 3 is 2.32 bits per heavy atom. The second-order valence-corrected chi connectivity index (χ2v) is 7.45. The highest BCUT2D eigenvalue weighted by Crippen LogP contribution is 2.30. The Morgan fingerprint density at radius 2 is 1.52 bits per heavy atom. The van der Waals surface area contributed by atoms with Crippen LogP contribution < -0.4 is 0 Å². The van der Waals surface area contributed by atoms with Crippen LogP contribution in [0.1, 0.15) is 15.9 Å². The smallest absolute Gasteiger partial charge is 0.167 e. The van der Waals surface area contributed by atoms with Crippen molar-refractivity contribution in [2.24, 2.45) is 0 Å². The lowest BCUT2D eigenvalue weighted by Gasteiger charge is -2.10. The van der Waals surface area contributed by atoms with E-state index < -0.39 is 0 Å². The van der Waals surface area contributed by atoms with E-state index in [1.54, 1.807) is 12.1 Å². The zero-order valence-corrected chi connectivity index (χ0v) is 16.8. The van der Waals surface area contributed by atoms with E-state index in [-0.39, 0.29) is 11.5 Å². The van der Waals surface area contributed by atoms with Crippen molar-refractivity contribution in [1.29, 1.82) is 0 Å². The molecule has 5 aromatic rings. The number of hydrogen-bond acceptors (Lipinski definition) is 3. The van der Waals surface area contributed by atoms with Gasteiger partial charge in [-0.3, -0.25) is 4.79 Å². The zero-order valence-electron chi connectivity index (χ0n) is 16.8. The van der Waals surface area contributed by atoms with Gasteiger partial charge in [0.1, 0.15) is 11.4 Å². The van der Waals surface area contributed by atoms with Crippen LogP contribution in [0.15, 0.2) is 103 Å². The third-order valence-corrected chi connectivity index (χ3v) is 5.40. The van der Waals surface area contributed by atoms with Crippen LogP contribution in [0.25, 0.3) is 28.0 Å².